The molecule has 0 radical (unpaired) electrons. The maximum Gasteiger partial charge on any atom is 0.270 e. The fourth-order valence-electron chi connectivity index (χ4n) is 3.04. The van der Waals surface area contributed by atoms with Crippen molar-refractivity contribution in [1.29, 1.82) is 0 Å². The number of hydrogen-bond acceptors (Lipinski definition) is 5. The molecule has 1 aliphatic heterocycles. The van der Waals surface area contributed by atoms with Crippen LogP contribution in [0, 0.1) is 15.5 Å². The van der Waals surface area contributed by atoms with Gasteiger partial charge in [-0.15, -0.1) is 0 Å². The van der Waals surface area contributed by atoms with Crippen LogP contribution in [0.1, 0.15) is 26.3 Å². The fraction of sp³-hybridized carbons (Fsp3) is 0.316. The fourth-order valence-corrected chi connectivity index (χ4v) is 4.13. The molecule has 0 spiro atoms. The third-order valence-corrected chi connectivity index (χ3v) is 5.84. The number of carbonyl (C=O) groups is 1. The van der Waals surface area contributed by atoms with Gasteiger partial charge in [-0.2, -0.15) is 0 Å². The summed E-state index contributed by atoms with van der Waals surface area (Å²) in [6.45, 7) is 6.05. The molecule has 28 heavy (non-hydrogen) atoms. The van der Waals surface area contributed by atoms with Crippen LogP contribution >= 0.6 is 0 Å². The van der Waals surface area contributed by atoms with Crippen LogP contribution in [0.2, 0.25) is 0 Å². The first-order valence-corrected chi connectivity index (χ1v) is 10.2. The zero-order valence-corrected chi connectivity index (χ0v) is 16.6. The molecule has 8 nitrogen and oxygen atoms in total. The molecular formula is C19H21N3O5S. The van der Waals surface area contributed by atoms with Crippen LogP contribution in [0.5, 0.6) is 0 Å². The Morgan fingerprint density at radius 3 is 2.54 bits per heavy atom. The van der Waals surface area contributed by atoms with E-state index < -0.39 is 20.4 Å². The van der Waals surface area contributed by atoms with Gasteiger partial charge in [0, 0.05) is 29.8 Å². The van der Waals surface area contributed by atoms with Gasteiger partial charge in [0.05, 0.1) is 15.5 Å². The Morgan fingerprint density at radius 1 is 1.18 bits per heavy atom. The summed E-state index contributed by atoms with van der Waals surface area (Å²) in [5.74, 6) is -0.0371. The van der Waals surface area contributed by atoms with Crippen LogP contribution in [0.4, 0.5) is 17.1 Å². The molecule has 1 N–H and O–H groups in total. The van der Waals surface area contributed by atoms with E-state index in [1.54, 1.807) is 23.1 Å². The molecule has 9 heteroatoms. The van der Waals surface area contributed by atoms with Gasteiger partial charge in [0.25, 0.3) is 15.7 Å². The highest BCUT2D eigenvalue weighted by atomic mass is 32.2. The Morgan fingerprint density at radius 2 is 1.89 bits per heavy atom. The number of anilines is 2. The topological polar surface area (TPSA) is 110 Å². The monoisotopic (exact) mass is 403 g/mol. The van der Waals surface area contributed by atoms with Crippen molar-refractivity contribution in [2.45, 2.75) is 32.1 Å². The Balaban J connectivity index is 1.91. The minimum Gasteiger partial charge on any atom is -0.311 e. The number of non-ortho nitro benzene ring substituents is 1. The zero-order valence-electron chi connectivity index (χ0n) is 15.8. The maximum absolute atomic E-state index is 12.7. The van der Waals surface area contributed by atoms with E-state index in [-0.39, 0.29) is 16.5 Å². The van der Waals surface area contributed by atoms with Gasteiger partial charge in [-0.25, -0.2) is 8.42 Å². The van der Waals surface area contributed by atoms with Crippen molar-refractivity contribution in [1.82, 2.24) is 0 Å². The summed E-state index contributed by atoms with van der Waals surface area (Å²) in [6.07, 6.45) is 0.703. The second-order valence-corrected chi connectivity index (χ2v) is 9.34. The Bertz CT molecular complexity index is 1060. The third-order valence-electron chi connectivity index (χ3n) is 4.46. The lowest BCUT2D eigenvalue weighted by molar-refractivity contribution is -0.385. The third kappa shape index (κ3) is 3.84. The summed E-state index contributed by atoms with van der Waals surface area (Å²) in [4.78, 5) is 24.4. The van der Waals surface area contributed by atoms with E-state index in [1.165, 1.54) is 18.2 Å². The number of amides is 1. The molecule has 1 aliphatic rings. The number of nitrogens with zero attached hydrogens (tertiary/aromatic N) is 2. The highest BCUT2D eigenvalue weighted by Crippen LogP contribution is 2.34. The normalized spacial score (nSPS) is 13.9. The smallest absolute Gasteiger partial charge is 0.270 e. The van der Waals surface area contributed by atoms with Crippen molar-refractivity contribution in [3.8, 4) is 0 Å². The van der Waals surface area contributed by atoms with Gasteiger partial charge < -0.3 is 4.90 Å². The minimum absolute atomic E-state index is 0.0371. The first-order valence-electron chi connectivity index (χ1n) is 8.71. The summed E-state index contributed by atoms with van der Waals surface area (Å²) in [7, 11) is -4.01. The number of nitro groups is 1. The highest BCUT2D eigenvalue weighted by molar-refractivity contribution is 7.92. The van der Waals surface area contributed by atoms with Crippen LogP contribution in [0.3, 0.4) is 0 Å². The number of nitro benzene ring substituents is 1. The first kappa shape index (κ1) is 19.8. The average molecular weight is 403 g/mol. The SMILES string of the molecule is CC(C)(C)C(=O)N1CCc2ccc(NS(=O)(=O)c3cccc([N+](=O)[O-])c3)cc21. The van der Waals surface area contributed by atoms with E-state index >= 15 is 0 Å². The predicted octanol–water partition coefficient (Wildman–Crippen LogP) is 3.33. The number of nitrogens with one attached hydrogen (secondary N) is 1. The molecule has 0 unspecified atom stereocenters. The number of benzene rings is 2. The molecule has 2 aromatic rings. The van der Waals surface area contributed by atoms with Crippen LogP contribution < -0.4 is 9.62 Å². The van der Waals surface area contributed by atoms with E-state index in [9.17, 15) is 23.3 Å². The highest BCUT2D eigenvalue weighted by Gasteiger charge is 2.32. The van der Waals surface area contributed by atoms with Crippen LogP contribution in [-0.4, -0.2) is 25.8 Å². The molecule has 3 rings (SSSR count). The lowest BCUT2D eigenvalue weighted by Gasteiger charge is -2.26. The van der Waals surface area contributed by atoms with Crippen molar-refractivity contribution in [3.05, 3.63) is 58.1 Å². The van der Waals surface area contributed by atoms with E-state index in [2.05, 4.69) is 4.72 Å². The molecule has 148 valence electrons. The quantitative estimate of drug-likeness (QED) is 0.622. The summed E-state index contributed by atoms with van der Waals surface area (Å²) in [5.41, 5.74) is 1.08. The van der Waals surface area contributed by atoms with Crippen LogP contribution in [0.15, 0.2) is 47.4 Å². The molecule has 2 aromatic carbocycles. The second kappa shape index (κ2) is 6.90. The number of fused-ring (bicyclic) bond motifs is 1. The number of hydrogen-bond donors (Lipinski definition) is 1. The standard InChI is InChI=1S/C19H21N3O5S/c1-19(2,3)18(23)21-10-9-13-7-8-14(11-17(13)21)20-28(26,27)16-6-4-5-15(12-16)22(24)25/h4-8,11-12,20H,9-10H2,1-3H3. The van der Waals surface area contributed by atoms with Crippen LogP contribution in [0.25, 0.3) is 0 Å². The van der Waals surface area contributed by atoms with Crippen molar-refractivity contribution < 1.29 is 18.1 Å². The summed E-state index contributed by atoms with van der Waals surface area (Å²) < 4.78 is 27.7. The van der Waals surface area contributed by atoms with Crippen molar-refractivity contribution in [2.75, 3.05) is 16.2 Å². The first-order chi connectivity index (χ1) is 13.0. The summed E-state index contributed by atoms with van der Waals surface area (Å²) >= 11 is 0. The molecule has 0 saturated carbocycles. The van der Waals surface area contributed by atoms with Gasteiger partial charge in [0.1, 0.15) is 0 Å². The maximum atomic E-state index is 12.7. The predicted molar refractivity (Wildman–Crippen MR) is 106 cm³/mol. The lowest BCUT2D eigenvalue weighted by atomic mass is 9.94. The van der Waals surface area contributed by atoms with E-state index in [4.69, 9.17) is 0 Å². The Labute approximate surface area is 163 Å². The van der Waals surface area contributed by atoms with Gasteiger partial charge in [-0.1, -0.05) is 32.9 Å². The molecule has 1 amide bonds. The summed E-state index contributed by atoms with van der Waals surface area (Å²) in [5, 5.41) is 10.9. The summed E-state index contributed by atoms with van der Waals surface area (Å²) in [6, 6.07) is 9.88. The van der Waals surface area contributed by atoms with Gasteiger partial charge >= 0.3 is 0 Å². The lowest BCUT2D eigenvalue weighted by Crippen LogP contribution is -2.38. The molecule has 0 atom stereocenters. The van der Waals surface area contributed by atoms with Crippen molar-refractivity contribution in [2.24, 2.45) is 5.41 Å². The average Bonchev–Trinajstić information content (AvgIpc) is 3.03. The minimum atomic E-state index is -4.01. The van der Waals surface area contributed by atoms with E-state index in [1.807, 2.05) is 20.8 Å². The zero-order chi connectivity index (χ0) is 20.7. The molecule has 0 aromatic heterocycles. The van der Waals surface area contributed by atoms with E-state index in [0.29, 0.717) is 24.3 Å². The number of sulfonamides is 1. The second-order valence-electron chi connectivity index (χ2n) is 7.66. The molecule has 1 heterocycles. The Hall–Kier alpha value is -2.94. The van der Waals surface area contributed by atoms with Crippen molar-refractivity contribution >= 4 is 33.0 Å². The number of rotatable bonds is 4. The van der Waals surface area contributed by atoms with Gasteiger partial charge in [-0.05, 0) is 30.2 Å². The molecule has 0 aliphatic carbocycles. The van der Waals surface area contributed by atoms with Gasteiger partial charge in [-0.3, -0.25) is 19.6 Å². The van der Waals surface area contributed by atoms with Gasteiger partial charge in [0.2, 0.25) is 5.91 Å². The number of carbonyl (C=O) groups excluding carboxylic acids is 1. The van der Waals surface area contributed by atoms with Crippen molar-refractivity contribution in [3.63, 3.8) is 0 Å². The molecular weight excluding hydrogens is 382 g/mol. The molecule has 0 bridgehead atoms. The van der Waals surface area contributed by atoms with Gasteiger partial charge in [0.15, 0.2) is 0 Å². The molecule has 0 fully saturated rings. The van der Waals surface area contributed by atoms with Crippen LogP contribution in [-0.2, 0) is 21.2 Å². The Kier molecular flexibility index (Phi) is 4.88. The molecule has 0 saturated heterocycles. The largest absolute Gasteiger partial charge is 0.311 e. The van der Waals surface area contributed by atoms with E-state index in [0.717, 1.165) is 11.6 Å².